The second-order valence-corrected chi connectivity index (χ2v) is 11.2. The maximum absolute atomic E-state index is 12.0. The van der Waals surface area contributed by atoms with Gasteiger partial charge in [-0.3, -0.25) is 0 Å². The Morgan fingerprint density at radius 1 is 0.889 bits per heavy atom. The van der Waals surface area contributed by atoms with Gasteiger partial charge in [0.1, 0.15) is 30.5 Å². The van der Waals surface area contributed by atoms with Gasteiger partial charge >= 0.3 is 5.97 Å². The number of aliphatic hydroxyl groups excluding tert-OH is 6. The Labute approximate surface area is 208 Å². The maximum Gasteiger partial charge on any atom is 0.332 e. The lowest BCUT2D eigenvalue weighted by Crippen LogP contribution is -2.67. The summed E-state index contributed by atoms with van der Waals surface area (Å²) in [5, 5.41) is 71.1. The molecule has 8 N–H and O–H groups in total. The molecule has 5 rings (SSSR count). The molecule has 0 amide bonds. The first kappa shape index (κ1) is 26.7. The molecule has 5 fully saturated rings. The normalized spacial score (nSPS) is 53.4. The van der Waals surface area contributed by atoms with E-state index in [1.54, 1.807) is 0 Å². The fraction of sp³-hybridized carbons (Fsp3) is 0.958. The summed E-state index contributed by atoms with van der Waals surface area (Å²) in [7, 11) is 0. The predicted molar refractivity (Wildman–Crippen MR) is 120 cm³/mol. The molecule has 5 aliphatic rings. The molecular weight excluding hydrogens is 480 g/mol. The van der Waals surface area contributed by atoms with E-state index in [0.717, 1.165) is 0 Å². The van der Waals surface area contributed by atoms with Crippen LogP contribution in [-0.2, 0) is 19.0 Å². The highest BCUT2D eigenvalue weighted by atomic mass is 16.7. The van der Waals surface area contributed by atoms with Crippen LogP contribution < -0.4 is 0 Å². The van der Waals surface area contributed by atoms with Crippen molar-refractivity contribution in [3.63, 3.8) is 0 Å². The molecule has 12 heteroatoms. The van der Waals surface area contributed by atoms with Crippen LogP contribution in [0.25, 0.3) is 0 Å². The molecule has 3 heterocycles. The number of carbonyl (C=O) groups is 1. The second-order valence-electron chi connectivity index (χ2n) is 11.2. The topological polar surface area (TPSA) is 199 Å². The Morgan fingerprint density at radius 2 is 1.61 bits per heavy atom. The van der Waals surface area contributed by atoms with E-state index in [1.807, 2.05) is 0 Å². The fourth-order valence-electron chi connectivity index (χ4n) is 7.16. The van der Waals surface area contributed by atoms with Gasteiger partial charge in [0, 0.05) is 24.7 Å². The minimum atomic E-state index is -1.60. The van der Waals surface area contributed by atoms with Gasteiger partial charge < -0.3 is 54.7 Å². The van der Waals surface area contributed by atoms with Crippen LogP contribution in [0.3, 0.4) is 0 Å². The number of carboxylic acid groups (broad SMARTS) is 1. The number of hydrogen-bond donors (Lipinski definition) is 7. The van der Waals surface area contributed by atoms with Gasteiger partial charge in [-0.15, -0.1) is 0 Å². The average Bonchev–Trinajstić information content (AvgIpc) is 2.85. The van der Waals surface area contributed by atoms with Crippen LogP contribution in [0.4, 0.5) is 0 Å². The molecule has 3 saturated heterocycles. The zero-order valence-corrected chi connectivity index (χ0v) is 20.0. The molecule has 0 bridgehead atoms. The molecule has 3 aliphatic heterocycles. The first-order valence-corrected chi connectivity index (χ1v) is 13.1. The third-order valence-corrected chi connectivity index (χ3v) is 8.97. The van der Waals surface area contributed by atoms with Gasteiger partial charge in [-0.05, 0) is 32.1 Å². The summed E-state index contributed by atoms with van der Waals surface area (Å²) in [6.45, 7) is -0.590. The van der Waals surface area contributed by atoms with Crippen LogP contribution >= 0.6 is 0 Å². The molecule has 0 aromatic heterocycles. The molecule has 0 aromatic rings. The molecule has 13 atom stereocenters. The summed E-state index contributed by atoms with van der Waals surface area (Å²) in [5.41, 5.74) is 0. The van der Waals surface area contributed by atoms with Gasteiger partial charge in [0.05, 0.1) is 30.8 Å². The number of aliphatic carboxylic acids is 1. The van der Waals surface area contributed by atoms with Crippen molar-refractivity contribution in [1.29, 1.82) is 0 Å². The van der Waals surface area contributed by atoms with E-state index in [9.17, 15) is 40.5 Å². The number of aliphatic hydroxyl groups is 8. The molecule has 2 saturated carbocycles. The van der Waals surface area contributed by atoms with Gasteiger partial charge in [-0.25, -0.2) is 4.79 Å². The van der Waals surface area contributed by atoms with Crippen LogP contribution in [0.1, 0.15) is 44.9 Å². The van der Waals surface area contributed by atoms with Crippen molar-refractivity contribution in [3.05, 3.63) is 0 Å². The van der Waals surface area contributed by atoms with E-state index in [1.165, 1.54) is 0 Å². The molecule has 0 radical (unpaired) electrons. The van der Waals surface area contributed by atoms with Crippen molar-refractivity contribution >= 4 is 5.97 Å². The van der Waals surface area contributed by atoms with Crippen LogP contribution in [0.2, 0.25) is 0 Å². The van der Waals surface area contributed by atoms with Crippen molar-refractivity contribution in [2.75, 3.05) is 6.61 Å². The largest absolute Gasteiger partial charge is 0.479 e. The van der Waals surface area contributed by atoms with Crippen molar-refractivity contribution < 1.29 is 59.5 Å². The van der Waals surface area contributed by atoms with Crippen molar-refractivity contribution in [2.45, 2.75) is 118 Å². The number of carboxylic acids is 1. The van der Waals surface area contributed by atoms with Crippen LogP contribution in [-0.4, -0.2) is 126 Å². The highest BCUT2D eigenvalue weighted by molar-refractivity contribution is 5.72. The molecular formula is C24H39O12+. The molecule has 0 spiro atoms. The Kier molecular flexibility index (Phi) is 7.91. The summed E-state index contributed by atoms with van der Waals surface area (Å²) in [5.74, 6) is -1.59. The quantitative estimate of drug-likeness (QED) is 0.192. The number of rotatable bonds is 5. The molecule has 206 valence electrons. The Morgan fingerprint density at radius 3 is 2.28 bits per heavy atom. The summed E-state index contributed by atoms with van der Waals surface area (Å²) in [6.07, 6.45) is -7.71. The monoisotopic (exact) mass is 519 g/mol. The van der Waals surface area contributed by atoms with E-state index in [0.29, 0.717) is 38.5 Å². The van der Waals surface area contributed by atoms with E-state index >= 15 is 0 Å². The van der Waals surface area contributed by atoms with Crippen molar-refractivity contribution in [2.24, 2.45) is 17.8 Å². The van der Waals surface area contributed by atoms with E-state index < -0.39 is 73.8 Å². The van der Waals surface area contributed by atoms with E-state index in [4.69, 9.17) is 18.9 Å². The minimum Gasteiger partial charge on any atom is -0.479 e. The lowest BCUT2D eigenvalue weighted by Gasteiger charge is -2.55. The Balaban J connectivity index is 1.46. The predicted octanol–water partition coefficient (Wildman–Crippen LogP) is -2.37. The summed E-state index contributed by atoms with van der Waals surface area (Å²) < 4.78 is 23.0. The van der Waals surface area contributed by atoms with Crippen LogP contribution in [0.15, 0.2) is 0 Å². The molecule has 36 heavy (non-hydrogen) atoms. The Bertz CT molecular complexity index is 772. The number of hydrogen-bond acceptors (Lipinski definition) is 10. The summed E-state index contributed by atoms with van der Waals surface area (Å²) in [6, 6.07) is 0. The zero-order chi connectivity index (χ0) is 25.7. The molecule has 8 unspecified atom stereocenters. The van der Waals surface area contributed by atoms with Gasteiger partial charge in [0.15, 0.2) is 24.6 Å². The average molecular weight is 520 g/mol. The van der Waals surface area contributed by atoms with Crippen LogP contribution in [0, 0.1) is 17.8 Å². The lowest BCUT2D eigenvalue weighted by atomic mass is 9.64. The SMILES string of the molecule is O=C(O)C1CC2C(O[C@@H]3O[C@H](CO)[C@@H](O)[C@H](O)[C@H]3O)C(C3CCC(O)CC3)[OH+]C3CC(O)CC(O1)C32. The Hall–Kier alpha value is -0.930. The first-order valence-electron chi connectivity index (χ1n) is 13.1. The van der Waals surface area contributed by atoms with E-state index in [-0.39, 0.29) is 36.4 Å². The summed E-state index contributed by atoms with van der Waals surface area (Å²) >= 11 is 0. The maximum atomic E-state index is 12.0. The third-order valence-electron chi connectivity index (χ3n) is 8.97. The lowest BCUT2D eigenvalue weighted by molar-refractivity contribution is -0.378. The second kappa shape index (κ2) is 10.7. The molecule has 2 aliphatic carbocycles. The van der Waals surface area contributed by atoms with Gasteiger partial charge in [-0.2, -0.15) is 0 Å². The molecule has 0 aromatic carbocycles. The van der Waals surface area contributed by atoms with Crippen molar-refractivity contribution in [3.8, 4) is 0 Å². The highest BCUT2D eigenvalue weighted by Crippen LogP contribution is 2.49. The molecule has 12 nitrogen and oxygen atoms in total. The fourth-order valence-corrected chi connectivity index (χ4v) is 7.16. The van der Waals surface area contributed by atoms with E-state index in [2.05, 4.69) is 0 Å². The van der Waals surface area contributed by atoms with Gasteiger partial charge in [0.25, 0.3) is 0 Å². The summed E-state index contributed by atoms with van der Waals surface area (Å²) in [4.78, 5) is 12.0. The number of ether oxygens (including phenoxy) is 4. The van der Waals surface area contributed by atoms with Gasteiger partial charge in [0.2, 0.25) is 0 Å². The highest BCUT2D eigenvalue weighted by Gasteiger charge is 2.62. The van der Waals surface area contributed by atoms with Crippen molar-refractivity contribution in [1.82, 2.24) is 0 Å². The van der Waals surface area contributed by atoms with Gasteiger partial charge in [-0.1, -0.05) is 0 Å². The first-order chi connectivity index (χ1) is 17.2. The third kappa shape index (κ3) is 4.93. The zero-order valence-electron chi connectivity index (χ0n) is 20.0. The minimum absolute atomic E-state index is 0.0351. The smallest absolute Gasteiger partial charge is 0.332 e. The standard InChI is InChI=1S/C24H38O12/c25-8-16-18(28)19(29)20(30)24(35-16)36-22-12-7-15(23(31)32)33-13-5-11(27)6-14(17(12)13)34-21(22)9-1-3-10(26)4-2-9/h9-22,24-30H,1-8H2,(H,31,32)/p+1/t9?,10?,11?,12?,13?,14?,15?,16-,17?,18-,19+,20-,21?,22?,24+/m1/s1. The van der Waals surface area contributed by atoms with Crippen LogP contribution in [0.5, 0.6) is 0 Å².